The Balaban J connectivity index is 2.46. The molecule has 4 heteroatoms. The van der Waals surface area contributed by atoms with E-state index in [1.165, 1.54) is 0 Å². The van der Waals surface area contributed by atoms with Crippen molar-refractivity contribution >= 4 is 0 Å². The number of benzene rings is 1. The van der Waals surface area contributed by atoms with E-state index in [2.05, 4.69) is 18.3 Å². The van der Waals surface area contributed by atoms with E-state index in [9.17, 15) is 5.26 Å². The van der Waals surface area contributed by atoms with Gasteiger partial charge in [-0.3, -0.25) is 5.32 Å². The molecule has 1 N–H and O–H groups in total. The lowest BCUT2D eigenvalue weighted by molar-refractivity contribution is 0.264. The maximum Gasteiger partial charge on any atom is 0.161 e. The summed E-state index contributed by atoms with van der Waals surface area (Å²) in [7, 11) is 1.63. The van der Waals surface area contributed by atoms with Gasteiger partial charge in [0.1, 0.15) is 5.54 Å². The fourth-order valence-electron chi connectivity index (χ4n) is 2.22. The van der Waals surface area contributed by atoms with Crippen LogP contribution in [0.15, 0.2) is 24.3 Å². The molecule has 1 rings (SSSR count). The molecule has 0 aliphatic carbocycles. The summed E-state index contributed by atoms with van der Waals surface area (Å²) in [5.74, 6) is 1.49. The Hall–Kier alpha value is -1.73. The molecule has 0 aliphatic heterocycles. The van der Waals surface area contributed by atoms with Gasteiger partial charge in [-0.05, 0) is 44.4 Å². The Bertz CT molecular complexity index is 456. The predicted molar refractivity (Wildman–Crippen MR) is 84.7 cm³/mol. The molecule has 0 aliphatic rings. The highest BCUT2D eigenvalue weighted by molar-refractivity contribution is 5.39. The van der Waals surface area contributed by atoms with Crippen LogP contribution in [0.3, 0.4) is 0 Å². The van der Waals surface area contributed by atoms with Crippen LogP contribution in [0.2, 0.25) is 0 Å². The molecule has 0 spiro atoms. The van der Waals surface area contributed by atoms with E-state index in [1.807, 2.05) is 31.2 Å². The van der Waals surface area contributed by atoms with E-state index in [-0.39, 0.29) is 0 Å². The molecule has 0 aromatic heterocycles. The van der Waals surface area contributed by atoms with Crippen molar-refractivity contribution in [1.82, 2.24) is 5.32 Å². The first-order valence-corrected chi connectivity index (χ1v) is 7.63. The van der Waals surface area contributed by atoms with Crippen molar-refractivity contribution in [2.75, 3.05) is 20.3 Å². The van der Waals surface area contributed by atoms with Crippen molar-refractivity contribution in [3.63, 3.8) is 0 Å². The topological polar surface area (TPSA) is 54.3 Å². The van der Waals surface area contributed by atoms with E-state index >= 15 is 0 Å². The molecule has 1 aromatic rings. The Kier molecular flexibility index (Phi) is 7.63. The van der Waals surface area contributed by atoms with Gasteiger partial charge in [0, 0.05) is 0 Å². The summed E-state index contributed by atoms with van der Waals surface area (Å²) in [6, 6.07) is 10.0. The minimum Gasteiger partial charge on any atom is -0.493 e. The third kappa shape index (κ3) is 5.28. The van der Waals surface area contributed by atoms with Crippen LogP contribution in [0.1, 0.15) is 39.5 Å². The van der Waals surface area contributed by atoms with E-state index in [1.54, 1.807) is 7.11 Å². The van der Waals surface area contributed by atoms with Gasteiger partial charge in [0.25, 0.3) is 0 Å². The molecule has 0 amide bonds. The van der Waals surface area contributed by atoms with E-state index in [0.29, 0.717) is 6.61 Å². The fraction of sp³-hybridized carbons (Fsp3) is 0.588. The number of methoxy groups -OCH3 is 1. The van der Waals surface area contributed by atoms with E-state index in [0.717, 1.165) is 43.7 Å². The molecule has 0 radical (unpaired) electrons. The normalized spacial score (nSPS) is 13.2. The van der Waals surface area contributed by atoms with Gasteiger partial charge in [-0.2, -0.15) is 5.26 Å². The summed E-state index contributed by atoms with van der Waals surface area (Å²) in [5.41, 5.74) is -0.430. The minimum atomic E-state index is -0.430. The zero-order valence-electron chi connectivity index (χ0n) is 13.3. The van der Waals surface area contributed by atoms with Crippen LogP contribution < -0.4 is 14.8 Å². The van der Waals surface area contributed by atoms with Crippen molar-refractivity contribution in [1.29, 1.82) is 5.26 Å². The maximum absolute atomic E-state index is 9.43. The monoisotopic (exact) mass is 290 g/mol. The molecule has 4 nitrogen and oxygen atoms in total. The van der Waals surface area contributed by atoms with Gasteiger partial charge in [-0.1, -0.05) is 26.0 Å². The van der Waals surface area contributed by atoms with Crippen LogP contribution >= 0.6 is 0 Å². The van der Waals surface area contributed by atoms with Gasteiger partial charge in [0.15, 0.2) is 11.5 Å². The number of para-hydroxylation sites is 2. The number of hydrogen-bond donors (Lipinski definition) is 1. The summed E-state index contributed by atoms with van der Waals surface area (Å²) in [5, 5.41) is 12.8. The lowest BCUT2D eigenvalue weighted by Gasteiger charge is -2.26. The van der Waals surface area contributed by atoms with Crippen LogP contribution in [0.5, 0.6) is 11.5 Å². The minimum absolute atomic E-state index is 0.430. The van der Waals surface area contributed by atoms with Crippen LogP contribution in [0.4, 0.5) is 0 Å². The molecule has 116 valence electrons. The molecular weight excluding hydrogens is 264 g/mol. The summed E-state index contributed by atoms with van der Waals surface area (Å²) >= 11 is 0. The molecule has 0 heterocycles. The smallest absolute Gasteiger partial charge is 0.161 e. The van der Waals surface area contributed by atoms with Gasteiger partial charge in [0.2, 0.25) is 0 Å². The van der Waals surface area contributed by atoms with Crippen molar-refractivity contribution in [3.8, 4) is 17.6 Å². The van der Waals surface area contributed by atoms with Crippen molar-refractivity contribution < 1.29 is 9.47 Å². The Morgan fingerprint density at radius 3 is 2.52 bits per heavy atom. The maximum atomic E-state index is 9.43. The molecule has 1 atom stereocenters. The number of hydrogen-bond acceptors (Lipinski definition) is 4. The van der Waals surface area contributed by atoms with E-state index in [4.69, 9.17) is 9.47 Å². The number of nitriles is 1. The predicted octanol–water partition coefficient (Wildman–Crippen LogP) is 3.53. The van der Waals surface area contributed by atoms with E-state index < -0.39 is 5.54 Å². The number of rotatable bonds is 10. The number of nitrogens with zero attached hydrogens (tertiary/aromatic N) is 1. The highest BCUT2D eigenvalue weighted by Gasteiger charge is 2.26. The molecule has 21 heavy (non-hydrogen) atoms. The highest BCUT2D eigenvalue weighted by Crippen LogP contribution is 2.26. The summed E-state index contributed by atoms with van der Waals surface area (Å²) < 4.78 is 11.0. The van der Waals surface area contributed by atoms with Crippen LogP contribution in [0, 0.1) is 11.3 Å². The zero-order valence-corrected chi connectivity index (χ0v) is 13.3. The zero-order chi connectivity index (χ0) is 15.6. The molecule has 0 saturated heterocycles. The first-order valence-electron chi connectivity index (χ1n) is 7.63. The Morgan fingerprint density at radius 2 is 1.95 bits per heavy atom. The average Bonchev–Trinajstić information content (AvgIpc) is 2.55. The van der Waals surface area contributed by atoms with Gasteiger partial charge in [-0.25, -0.2) is 0 Å². The van der Waals surface area contributed by atoms with Crippen LogP contribution in [-0.2, 0) is 0 Å². The fourth-order valence-corrected chi connectivity index (χ4v) is 2.22. The SMILES string of the molecule is CCCNC(C#N)(CC)CCCOc1ccccc1OC. The second kappa shape index (κ2) is 9.25. The molecular formula is C17H26N2O2. The lowest BCUT2D eigenvalue weighted by atomic mass is 9.92. The Labute approximate surface area is 128 Å². The molecule has 1 aromatic carbocycles. The summed E-state index contributed by atoms with van der Waals surface area (Å²) in [6.07, 6.45) is 3.45. The molecule has 0 fully saturated rings. The quantitative estimate of drug-likeness (QED) is 0.670. The third-order valence-corrected chi connectivity index (χ3v) is 3.61. The van der Waals surface area contributed by atoms with Crippen molar-refractivity contribution in [2.45, 2.75) is 45.1 Å². The first kappa shape index (κ1) is 17.3. The second-order valence-electron chi connectivity index (χ2n) is 5.08. The van der Waals surface area contributed by atoms with Crippen molar-refractivity contribution in [2.24, 2.45) is 0 Å². The van der Waals surface area contributed by atoms with Crippen molar-refractivity contribution in [3.05, 3.63) is 24.3 Å². The average molecular weight is 290 g/mol. The van der Waals surface area contributed by atoms with Crippen LogP contribution in [0.25, 0.3) is 0 Å². The van der Waals surface area contributed by atoms with Gasteiger partial charge < -0.3 is 9.47 Å². The first-order chi connectivity index (χ1) is 10.2. The standard InChI is InChI=1S/C17H26N2O2/c1-4-12-19-17(5-2,14-18)11-8-13-21-16-10-7-6-9-15(16)20-3/h6-7,9-10,19H,4-5,8,11-13H2,1-3H3. The molecule has 0 saturated carbocycles. The highest BCUT2D eigenvalue weighted by atomic mass is 16.5. The van der Waals surface area contributed by atoms with Gasteiger partial charge in [0.05, 0.1) is 19.8 Å². The largest absolute Gasteiger partial charge is 0.493 e. The van der Waals surface area contributed by atoms with Crippen LogP contribution in [-0.4, -0.2) is 25.8 Å². The number of nitrogens with one attached hydrogen (secondary N) is 1. The van der Waals surface area contributed by atoms with Gasteiger partial charge in [-0.15, -0.1) is 0 Å². The Morgan fingerprint density at radius 1 is 1.24 bits per heavy atom. The lowest BCUT2D eigenvalue weighted by Crippen LogP contribution is -2.44. The number of ether oxygens (including phenoxy) is 2. The third-order valence-electron chi connectivity index (χ3n) is 3.61. The second-order valence-corrected chi connectivity index (χ2v) is 5.08. The molecule has 0 bridgehead atoms. The summed E-state index contributed by atoms with van der Waals surface area (Å²) in [6.45, 7) is 5.61. The molecule has 1 unspecified atom stereocenters. The van der Waals surface area contributed by atoms with Gasteiger partial charge >= 0.3 is 0 Å². The summed E-state index contributed by atoms with van der Waals surface area (Å²) in [4.78, 5) is 0.